The first-order chi connectivity index (χ1) is 12.5. The number of aromatic hydroxyl groups is 2. The molecule has 0 aliphatic carbocycles. The van der Waals surface area contributed by atoms with E-state index in [0.717, 1.165) is 11.1 Å². The van der Waals surface area contributed by atoms with Crippen LogP contribution in [0.15, 0.2) is 42.5 Å². The Morgan fingerprint density at radius 1 is 0.885 bits per heavy atom. The normalized spacial score (nSPS) is 19.3. The lowest BCUT2D eigenvalue weighted by molar-refractivity contribution is -0.136. The van der Waals surface area contributed by atoms with Crippen LogP contribution in [0.2, 0.25) is 0 Å². The zero-order valence-electron chi connectivity index (χ0n) is 13.9. The lowest BCUT2D eigenvalue weighted by Crippen LogP contribution is -2.62. The largest absolute Gasteiger partial charge is 0.508 e. The highest BCUT2D eigenvalue weighted by molar-refractivity contribution is 5.97. The van der Waals surface area contributed by atoms with Crippen LogP contribution in [-0.2, 0) is 22.4 Å². The number of phenolic OH excluding ortho intramolecular Hbond substituents is 2. The smallest absolute Gasteiger partial charge is 0.243 e. The third-order valence-corrected chi connectivity index (χ3v) is 4.30. The van der Waals surface area contributed by atoms with Crippen molar-refractivity contribution < 1.29 is 19.8 Å². The molecule has 0 radical (unpaired) electrons. The molecule has 6 heteroatoms. The molecule has 0 spiro atoms. The van der Waals surface area contributed by atoms with E-state index in [0.29, 0.717) is 12.0 Å². The van der Waals surface area contributed by atoms with E-state index in [1.54, 1.807) is 24.3 Å². The fourth-order valence-electron chi connectivity index (χ4n) is 2.89. The third kappa shape index (κ3) is 3.78. The van der Waals surface area contributed by atoms with Crippen molar-refractivity contribution in [3.8, 4) is 23.8 Å². The Morgan fingerprint density at radius 2 is 1.42 bits per heavy atom. The molecule has 4 N–H and O–H groups in total. The van der Waals surface area contributed by atoms with E-state index in [-0.39, 0.29) is 29.7 Å². The molecule has 1 fully saturated rings. The van der Waals surface area contributed by atoms with Crippen LogP contribution < -0.4 is 10.6 Å². The van der Waals surface area contributed by atoms with Crippen molar-refractivity contribution in [2.75, 3.05) is 0 Å². The van der Waals surface area contributed by atoms with Crippen LogP contribution >= 0.6 is 0 Å². The molecular formula is C20H18N2O4. The number of carbonyl (C=O) groups is 2. The predicted molar refractivity (Wildman–Crippen MR) is 95.4 cm³/mol. The number of carbonyl (C=O) groups excluding carboxylic acids is 2. The van der Waals surface area contributed by atoms with E-state index in [2.05, 4.69) is 16.6 Å². The minimum Gasteiger partial charge on any atom is -0.508 e. The standard InChI is InChI=1S/C20H18N2O4/c1-2-14-9-13(5-8-18(14)24)11-17-20(26)21-16(19(25)22-17)10-12-3-6-15(23)7-4-12/h1,3-9,16-17,23-24H,10-11H2,(H,21,26)(H,22,25)/t16-,17-/m0/s1. The summed E-state index contributed by atoms with van der Waals surface area (Å²) in [5.74, 6) is 1.98. The summed E-state index contributed by atoms with van der Waals surface area (Å²) in [6.07, 6.45) is 5.94. The van der Waals surface area contributed by atoms with Gasteiger partial charge in [-0.25, -0.2) is 0 Å². The fourth-order valence-corrected chi connectivity index (χ4v) is 2.89. The molecule has 2 aromatic rings. The van der Waals surface area contributed by atoms with Crippen LogP contribution in [0.4, 0.5) is 0 Å². The van der Waals surface area contributed by atoms with Gasteiger partial charge in [0, 0.05) is 12.8 Å². The Bertz CT molecular complexity index is 884. The zero-order valence-corrected chi connectivity index (χ0v) is 13.9. The molecule has 0 bridgehead atoms. The summed E-state index contributed by atoms with van der Waals surface area (Å²) in [7, 11) is 0. The molecule has 1 saturated heterocycles. The summed E-state index contributed by atoms with van der Waals surface area (Å²) < 4.78 is 0. The second-order valence-electron chi connectivity index (χ2n) is 6.19. The maximum atomic E-state index is 12.4. The van der Waals surface area contributed by atoms with Gasteiger partial charge in [-0.05, 0) is 35.4 Å². The van der Waals surface area contributed by atoms with E-state index in [9.17, 15) is 19.8 Å². The molecule has 1 aliphatic rings. The molecule has 1 aliphatic heterocycles. The summed E-state index contributed by atoms with van der Waals surface area (Å²) in [5.41, 5.74) is 1.92. The van der Waals surface area contributed by atoms with Crippen LogP contribution in [0.3, 0.4) is 0 Å². The van der Waals surface area contributed by atoms with E-state index < -0.39 is 12.1 Å². The first kappa shape index (κ1) is 17.4. The van der Waals surface area contributed by atoms with Crippen molar-refractivity contribution in [2.45, 2.75) is 24.9 Å². The summed E-state index contributed by atoms with van der Waals surface area (Å²) in [6, 6.07) is 9.88. The van der Waals surface area contributed by atoms with Crippen LogP contribution in [0.5, 0.6) is 11.5 Å². The number of rotatable bonds is 4. The number of amides is 2. The van der Waals surface area contributed by atoms with Crippen molar-refractivity contribution in [3.63, 3.8) is 0 Å². The molecule has 2 amide bonds. The Morgan fingerprint density at radius 3 is 2.00 bits per heavy atom. The van der Waals surface area contributed by atoms with E-state index >= 15 is 0 Å². The van der Waals surface area contributed by atoms with Gasteiger partial charge in [0.2, 0.25) is 11.8 Å². The predicted octanol–water partition coefficient (Wildman–Crippen LogP) is 0.847. The summed E-state index contributed by atoms with van der Waals surface area (Å²) in [4.78, 5) is 24.7. The van der Waals surface area contributed by atoms with Crippen molar-refractivity contribution >= 4 is 11.8 Å². The number of piperazine rings is 1. The van der Waals surface area contributed by atoms with Crippen molar-refractivity contribution in [3.05, 3.63) is 59.2 Å². The van der Waals surface area contributed by atoms with Gasteiger partial charge in [-0.15, -0.1) is 6.42 Å². The van der Waals surface area contributed by atoms with Crippen molar-refractivity contribution in [1.82, 2.24) is 10.6 Å². The van der Waals surface area contributed by atoms with Gasteiger partial charge in [-0.1, -0.05) is 24.1 Å². The average Bonchev–Trinajstić information content (AvgIpc) is 2.62. The number of nitrogens with one attached hydrogen (secondary N) is 2. The highest BCUT2D eigenvalue weighted by atomic mass is 16.3. The maximum absolute atomic E-state index is 12.4. The Labute approximate surface area is 150 Å². The molecule has 2 aromatic carbocycles. The number of terminal acetylenes is 1. The zero-order chi connectivity index (χ0) is 18.7. The van der Waals surface area contributed by atoms with Gasteiger partial charge >= 0.3 is 0 Å². The number of phenols is 2. The molecule has 2 atom stereocenters. The average molecular weight is 350 g/mol. The van der Waals surface area contributed by atoms with E-state index in [1.165, 1.54) is 18.2 Å². The topological polar surface area (TPSA) is 98.7 Å². The van der Waals surface area contributed by atoms with Crippen LogP contribution in [0, 0.1) is 12.3 Å². The van der Waals surface area contributed by atoms with Gasteiger partial charge in [0.25, 0.3) is 0 Å². The van der Waals surface area contributed by atoms with Gasteiger partial charge in [-0.3, -0.25) is 9.59 Å². The highest BCUT2D eigenvalue weighted by Gasteiger charge is 2.33. The van der Waals surface area contributed by atoms with Crippen LogP contribution in [0.1, 0.15) is 16.7 Å². The highest BCUT2D eigenvalue weighted by Crippen LogP contribution is 2.19. The summed E-state index contributed by atoms with van der Waals surface area (Å²) in [6.45, 7) is 0. The van der Waals surface area contributed by atoms with E-state index in [1.807, 2.05) is 0 Å². The van der Waals surface area contributed by atoms with Crippen molar-refractivity contribution in [1.29, 1.82) is 0 Å². The molecule has 3 rings (SSSR count). The monoisotopic (exact) mass is 350 g/mol. The fraction of sp³-hybridized carbons (Fsp3) is 0.200. The van der Waals surface area contributed by atoms with Gasteiger partial charge in [-0.2, -0.15) is 0 Å². The lowest BCUT2D eigenvalue weighted by Gasteiger charge is -2.29. The molecule has 0 aromatic heterocycles. The van der Waals surface area contributed by atoms with Gasteiger partial charge in [0.1, 0.15) is 23.6 Å². The molecule has 132 valence electrons. The second-order valence-corrected chi connectivity index (χ2v) is 6.19. The second kappa shape index (κ2) is 7.19. The summed E-state index contributed by atoms with van der Waals surface area (Å²) in [5, 5.41) is 24.4. The quantitative estimate of drug-likeness (QED) is 0.615. The third-order valence-electron chi connectivity index (χ3n) is 4.30. The Hall–Kier alpha value is -3.46. The molecule has 26 heavy (non-hydrogen) atoms. The van der Waals surface area contributed by atoms with Crippen LogP contribution in [-0.4, -0.2) is 34.1 Å². The molecule has 0 unspecified atom stereocenters. The van der Waals surface area contributed by atoms with Crippen molar-refractivity contribution in [2.24, 2.45) is 0 Å². The number of benzene rings is 2. The first-order valence-corrected chi connectivity index (χ1v) is 8.13. The summed E-state index contributed by atoms with van der Waals surface area (Å²) >= 11 is 0. The van der Waals surface area contributed by atoms with Gasteiger partial charge in [0.05, 0.1) is 5.56 Å². The molecule has 0 saturated carbocycles. The van der Waals surface area contributed by atoms with E-state index in [4.69, 9.17) is 6.42 Å². The molecule has 1 heterocycles. The molecular weight excluding hydrogens is 332 g/mol. The van der Waals surface area contributed by atoms with Gasteiger partial charge < -0.3 is 20.8 Å². The lowest BCUT2D eigenvalue weighted by atomic mass is 9.97. The Kier molecular flexibility index (Phi) is 4.81. The number of hydrogen-bond acceptors (Lipinski definition) is 4. The number of hydrogen-bond donors (Lipinski definition) is 4. The molecule has 6 nitrogen and oxygen atoms in total. The van der Waals surface area contributed by atoms with Gasteiger partial charge in [0.15, 0.2) is 0 Å². The van der Waals surface area contributed by atoms with Crippen LogP contribution in [0.25, 0.3) is 0 Å². The first-order valence-electron chi connectivity index (χ1n) is 8.13. The minimum absolute atomic E-state index is 0.00217. The SMILES string of the molecule is C#Cc1cc(C[C@@H]2NC(=O)[C@H](Cc3ccc(O)cc3)NC2=O)ccc1O. The maximum Gasteiger partial charge on any atom is 0.243 e. The Balaban J connectivity index is 1.66. The minimum atomic E-state index is -0.700.